The molecule has 1 aliphatic heterocycles. The second kappa shape index (κ2) is 5.69. The van der Waals surface area contributed by atoms with Crippen molar-refractivity contribution >= 4 is 28.1 Å². The third kappa shape index (κ3) is 2.60. The number of amides is 2. The molecule has 0 aliphatic carbocycles. The van der Waals surface area contributed by atoms with Crippen LogP contribution < -0.4 is 5.32 Å². The maximum absolute atomic E-state index is 12.4. The molecule has 1 N–H and O–H groups in total. The average Bonchev–Trinajstić information content (AvgIpc) is 3.25. The molecule has 3 aromatic rings. The van der Waals surface area contributed by atoms with E-state index in [9.17, 15) is 9.59 Å². The third-order valence-corrected chi connectivity index (χ3v) is 5.57. The summed E-state index contributed by atoms with van der Waals surface area (Å²) in [6.07, 6.45) is 1.94. The summed E-state index contributed by atoms with van der Waals surface area (Å²) in [5.41, 5.74) is 2.66. The first-order valence-electron chi connectivity index (χ1n) is 7.99. The van der Waals surface area contributed by atoms with Crippen LogP contribution in [0.5, 0.6) is 0 Å². The Labute approximate surface area is 148 Å². The van der Waals surface area contributed by atoms with E-state index in [0.29, 0.717) is 25.3 Å². The number of aromatic nitrogens is 4. The van der Waals surface area contributed by atoms with Gasteiger partial charge in [0.15, 0.2) is 10.7 Å². The Balaban J connectivity index is 1.48. The van der Waals surface area contributed by atoms with E-state index in [1.165, 1.54) is 4.88 Å². The molecule has 0 bridgehead atoms. The van der Waals surface area contributed by atoms with E-state index in [1.807, 2.05) is 17.5 Å². The highest BCUT2D eigenvalue weighted by Crippen LogP contribution is 2.21. The summed E-state index contributed by atoms with van der Waals surface area (Å²) in [5, 5.41) is 7.06. The standard InChI is InChI=1S/C16H18N6O2S/c1-9-10(2)25-16-18-11(8-21(9)16)7-17-14(23)12-6-13-15(24)20(3)4-5-22(13)19-12/h6,8H,4-5,7H2,1-3H3,(H,17,23). The summed E-state index contributed by atoms with van der Waals surface area (Å²) >= 11 is 1.63. The Bertz CT molecular complexity index is 998. The molecule has 0 spiro atoms. The molecule has 0 saturated carbocycles. The Hall–Kier alpha value is -2.68. The van der Waals surface area contributed by atoms with Crippen molar-refractivity contribution in [3.05, 3.63) is 39.9 Å². The molecule has 0 aromatic carbocycles. The summed E-state index contributed by atoms with van der Waals surface area (Å²) < 4.78 is 3.63. The molecule has 3 aromatic heterocycles. The van der Waals surface area contributed by atoms with E-state index in [0.717, 1.165) is 16.3 Å². The normalized spacial score (nSPS) is 14.2. The highest BCUT2D eigenvalue weighted by molar-refractivity contribution is 7.17. The van der Waals surface area contributed by atoms with Crippen LogP contribution in [-0.2, 0) is 13.1 Å². The number of carbonyl (C=O) groups excluding carboxylic acids is 2. The molecule has 0 radical (unpaired) electrons. The SMILES string of the molecule is Cc1sc2nc(CNC(=O)c3cc4n(n3)CCN(C)C4=O)cn2c1C. The van der Waals surface area contributed by atoms with E-state index in [1.54, 1.807) is 34.0 Å². The number of aryl methyl sites for hydroxylation is 2. The van der Waals surface area contributed by atoms with Gasteiger partial charge in [-0.05, 0) is 13.8 Å². The minimum Gasteiger partial charge on any atom is -0.345 e. The number of hydrogen-bond acceptors (Lipinski definition) is 5. The lowest BCUT2D eigenvalue weighted by molar-refractivity contribution is 0.0742. The summed E-state index contributed by atoms with van der Waals surface area (Å²) in [6.45, 7) is 5.63. The van der Waals surface area contributed by atoms with Crippen LogP contribution in [0.4, 0.5) is 0 Å². The van der Waals surface area contributed by atoms with Crippen molar-refractivity contribution in [2.45, 2.75) is 26.9 Å². The lowest BCUT2D eigenvalue weighted by Crippen LogP contribution is -2.37. The Morgan fingerprint density at radius 1 is 1.36 bits per heavy atom. The smallest absolute Gasteiger partial charge is 0.272 e. The molecular formula is C16H18N6O2S. The predicted octanol–water partition coefficient (Wildman–Crippen LogP) is 1.22. The van der Waals surface area contributed by atoms with Gasteiger partial charge in [-0.2, -0.15) is 5.10 Å². The van der Waals surface area contributed by atoms with Crippen molar-refractivity contribution in [2.75, 3.05) is 13.6 Å². The van der Waals surface area contributed by atoms with Gasteiger partial charge in [0.05, 0.1) is 18.8 Å². The number of thiazole rings is 1. The lowest BCUT2D eigenvalue weighted by atomic mass is 10.2. The predicted molar refractivity (Wildman–Crippen MR) is 92.9 cm³/mol. The molecule has 130 valence electrons. The van der Waals surface area contributed by atoms with Crippen molar-refractivity contribution in [2.24, 2.45) is 0 Å². The number of hydrogen-bond donors (Lipinski definition) is 1. The van der Waals surface area contributed by atoms with Crippen LogP contribution >= 0.6 is 11.3 Å². The first kappa shape index (κ1) is 15.8. The molecule has 0 saturated heterocycles. The van der Waals surface area contributed by atoms with Crippen molar-refractivity contribution in [1.82, 2.24) is 29.4 Å². The minimum absolute atomic E-state index is 0.113. The topological polar surface area (TPSA) is 84.5 Å². The van der Waals surface area contributed by atoms with Crippen molar-refractivity contribution in [3.63, 3.8) is 0 Å². The van der Waals surface area contributed by atoms with Crippen molar-refractivity contribution < 1.29 is 9.59 Å². The fraction of sp³-hybridized carbons (Fsp3) is 0.375. The quantitative estimate of drug-likeness (QED) is 0.763. The van der Waals surface area contributed by atoms with Crippen molar-refractivity contribution in [3.8, 4) is 0 Å². The highest BCUT2D eigenvalue weighted by Gasteiger charge is 2.25. The van der Waals surface area contributed by atoms with Gasteiger partial charge in [0.2, 0.25) is 0 Å². The highest BCUT2D eigenvalue weighted by atomic mass is 32.1. The Morgan fingerprint density at radius 3 is 2.92 bits per heavy atom. The third-order valence-electron chi connectivity index (χ3n) is 4.49. The molecule has 0 fully saturated rings. The number of fused-ring (bicyclic) bond motifs is 2. The molecule has 1 aliphatic rings. The molecule has 9 heteroatoms. The van der Waals surface area contributed by atoms with E-state index < -0.39 is 0 Å². The largest absolute Gasteiger partial charge is 0.345 e. The van der Waals surface area contributed by atoms with Gasteiger partial charge in [0, 0.05) is 36.4 Å². The van der Waals surface area contributed by atoms with Gasteiger partial charge in [-0.3, -0.25) is 18.7 Å². The minimum atomic E-state index is -0.304. The Kier molecular flexibility index (Phi) is 3.60. The monoisotopic (exact) mass is 358 g/mol. The summed E-state index contributed by atoms with van der Waals surface area (Å²) in [5.74, 6) is -0.417. The molecule has 2 amide bonds. The number of likely N-dealkylation sites (N-methyl/N-ethyl adjacent to an activating group) is 1. The van der Waals surface area contributed by atoms with Gasteiger partial charge in [0.1, 0.15) is 5.69 Å². The van der Waals surface area contributed by atoms with Crippen LogP contribution in [0.3, 0.4) is 0 Å². The molecule has 25 heavy (non-hydrogen) atoms. The Morgan fingerprint density at radius 2 is 2.16 bits per heavy atom. The molecular weight excluding hydrogens is 340 g/mol. The zero-order valence-electron chi connectivity index (χ0n) is 14.2. The zero-order chi connectivity index (χ0) is 17.7. The van der Waals surface area contributed by atoms with Crippen LogP contribution in [0.25, 0.3) is 4.96 Å². The van der Waals surface area contributed by atoms with Crippen molar-refractivity contribution in [1.29, 1.82) is 0 Å². The average molecular weight is 358 g/mol. The van der Waals surface area contributed by atoms with E-state index in [2.05, 4.69) is 22.3 Å². The lowest BCUT2D eigenvalue weighted by Gasteiger charge is -2.22. The van der Waals surface area contributed by atoms with Gasteiger partial charge in [-0.25, -0.2) is 4.98 Å². The van der Waals surface area contributed by atoms with Gasteiger partial charge < -0.3 is 10.2 Å². The van der Waals surface area contributed by atoms with Gasteiger partial charge >= 0.3 is 0 Å². The second-order valence-corrected chi connectivity index (χ2v) is 7.36. The van der Waals surface area contributed by atoms with E-state index in [-0.39, 0.29) is 17.5 Å². The molecule has 4 rings (SSSR count). The van der Waals surface area contributed by atoms with Gasteiger partial charge in [-0.1, -0.05) is 0 Å². The van der Waals surface area contributed by atoms with Crippen LogP contribution in [0.1, 0.15) is 37.2 Å². The van der Waals surface area contributed by atoms with Crippen LogP contribution in [-0.4, -0.2) is 49.5 Å². The van der Waals surface area contributed by atoms with E-state index >= 15 is 0 Å². The molecule has 8 nitrogen and oxygen atoms in total. The molecule has 0 atom stereocenters. The van der Waals surface area contributed by atoms with Crippen LogP contribution in [0.15, 0.2) is 12.3 Å². The fourth-order valence-electron chi connectivity index (χ4n) is 2.86. The number of carbonyl (C=O) groups is 2. The van der Waals surface area contributed by atoms with Gasteiger partial charge in [0.25, 0.3) is 11.8 Å². The number of nitrogens with one attached hydrogen (secondary N) is 1. The first-order valence-corrected chi connectivity index (χ1v) is 8.81. The summed E-state index contributed by atoms with van der Waals surface area (Å²) in [6, 6.07) is 1.55. The molecule has 0 unspecified atom stereocenters. The first-order chi connectivity index (χ1) is 11.9. The van der Waals surface area contributed by atoms with E-state index in [4.69, 9.17) is 0 Å². The summed E-state index contributed by atoms with van der Waals surface area (Å²) in [4.78, 5) is 32.7. The maximum atomic E-state index is 12.4. The molecule has 4 heterocycles. The van der Waals surface area contributed by atoms with Crippen LogP contribution in [0, 0.1) is 13.8 Å². The zero-order valence-corrected chi connectivity index (χ0v) is 15.1. The van der Waals surface area contributed by atoms with Crippen LogP contribution in [0.2, 0.25) is 0 Å². The fourth-order valence-corrected chi connectivity index (χ4v) is 3.83. The number of rotatable bonds is 3. The van der Waals surface area contributed by atoms with Gasteiger partial charge in [-0.15, -0.1) is 11.3 Å². The summed E-state index contributed by atoms with van der Waals surface area (Å²) in [7, 11) is 1.74. The number of nitrogens with zero attached hydrogens (tertiary/aromatic N) is 5. The second-order valence-electron chi connectivity index (χ2n) is 6.18. The number of imidazole rings is 1. The maximum Gasteiger partial charge on any atom is 0.272 e.